The van der Waals surface area contributed by atoms with Gasteiger partial charge in [0.15, 0.2) is 0 Å². The number of fused-ring (bicyclic) bond motifs is 4. The number of hydrogen-bond donors (Lipinski definition) is 1. The lowest BCUT2D eigenvalue weighted by Gasteiger charge is -2.39. The fourth-order valence-corrected chi connectivity index (χ4v) is 6.15. The number of rotatable bonds is 6. The topological polar surface area (TPSA) is 49.6 Å². The molecule has 0 saturated carbocycles. The lowest BCUT2D eigenvalue weighted by Crippen LogP contribution is -2.47. The Labute approximate surface area is 213 Å². The summed E-state index contributed by atoms with van der Waals surface area (Å²) < 4.78 is 0. The van der Waals surface area contributed by atoms with Crippen LogP contribution in [0.25, 0.3) is 21.9 Å². The molecule has 1 aliphatic heterocycles. The number of anilines is 2. The summed E-state index contributed by atoms with van der Waals surface area (Å²) in [7, 11) is 0. The van der Waals surface area contributed by atoms with Crippen LogP contribution in [0.15, 0.2) is 72.8 Å². The Balaban J connectivity index is 1.39. The number of aryl methyl sites for hydroxylation is 1. The van der Waals surface area contributed by atoms with Crippen LogP contribution in [0.4, 0.5) is 11.4 Å². The Morgan fingerprint density at radius 3 is 2.39 bits per heavy atom. The predicted octanol–water partition coefficient (Wildman–Crippen LogP) is 6.18. The van der Waals surface area contributed by atoms with Crippen LogP contribution < -0.4 is 15.5 Å². The smallest absolute Gasteiger partial charge is 0.251 e. The molecule has 4 aromatic rings. The van der Waals surface area contributed by atoms with Gasteiger partial charge in [0.25, 0.3) is 5.91 Å². The maximum Gasteiger partial charge on any atom is 0.251 e. The quantitative estimate of drug-likeness (QED) is 0.319. The van der Waals surface area contributed by atoms with Crippen LogP contribution in [-0.4, -0.2) is 32.1 Å². The van der Waals surface area contributed by atoms with Gasteiger partial charge in [0.05, 0.1) is 11.3 Å². The third-order valence-corrected chi connectivity index (χ3v) is 7.91. The minimum atomic E-state index is -0.300. The van der Waals surface area contributed by atoms with Gasteiger partial charge in [0.2, 0.25) is 0 Å². The van der Waals surface area contributed by atoms with Gasteiger partial charge < -0.3 is 15.5 Å². The van der Waals surface area contributed by atoms with E-state index in [1.807, 2.05) is 0 Å². The average Bonchev–Trinajstić information content (AvgIpc) is 3.29. The average molecular weight is 476 g/mol. The van der Waals surface area contributed by atoms with Crippen molar-refractivity contribution in [2.24, 2.45) is 5.73 Å². The standard InChI is InChI=1S/C32H33N3O/c1-2-3-9-24-21-27-25-13-6-5-11-23(25)20-28(27)31(30(24)32(33)36)35-18-16-34(17-19-35)29-15-8-12-22-10-4-7-14-26(22)29/h4-8,10-15,21H,2-3,9,16-20H2,1H3,(H2,33,36). The normalized spacial score (nSPS) is 14.7. The van der Waals surface area contributed by atoms with E-state index in [1.165, 1.54) is 38.7 Å². The van der Waals surface area contributed by atoms with Gasteiger partial charge in [-0.3, -0.25) is 4.79 Å². The van der Waals surface area contributed by atoms with Crippen molar-refractivity contribution in [1.82, 2.24) is 0 Å². The molecule has 4 aromatic carbocycles. The lowest BCUT2D eigenvalue weighted by atomic mass is 9.91. The molecule has 6 rings (SSSR count). The van der Waals surface area contributed by atoms with Gasteiger partial charge in [0.1, 0.15) is 0 Å². The Bertz CT molecular complexity index is 1440. The zero-order valence-electron chi connectivity index (χ0n) is 21.0. The Hall–Kier alpha value is -3.79. The van der Waals surface area contributed by atoms with Crippen molar-refractivity contribution in [1.29, 1.82) is 0 Å². The molecule has 0 bridgehead atoms. The van der Waals surface area contributed by atoms with Crippen molar-refractivity contribution < 1.29 is 4.79 Å². The molecule has 0 aromatic heterocycles. The number of piperazine rings is 1. The summed E-state index contributed by atoms with van der Waals surface area (Å²) in [5.74, 6) is -0.300. The number of nitrogens with two attached hydrogens (primary N) is 1. The highest BCUT2D eigenvalue weighted by atomic mass is 16.1. The molecule has 1 fully saturated rings. The zero-order valence-corrected chi connectivity index (χ0v) is 21.0. The first kappa shape index (κ1) is 22.7. The van der Waals surface area contributed by atoms with E-state index in [1.54, 1.807) is 0 Å². The highest BCUT2D eigenvalue weighted by Gasteiger charge is 2.31. The molecule has 2 aliphatic rings. The first-order valence-corrected chi connectivity index (χ1v) is 13.2. The summed E-state index contributed by atoms with van der Waals surface area (Å²) in [4.78, 5) is 17.9. The van der Waals surface area contributed by atoms with Crippen LogP contribution in [-0.2, 0) is 12.8 Å². The monoisotopic (exact) mass is 475 g/mol. The third-order valence-electron chi connectivity index (χ3n) is 7.91. The van der Waals surface area contributed by atoms with Gasteiger partial charge in [-0.25, -0.2) is 0 Å². The Morgan fingerprint density at radius 2 is 1.58 bits per heavy atom. The van der Waals surface area contributed by atoms with Crippen molar-refractivity contribution in [2.45, 2.75) is 32.6 Å². The summed E-state index contributed by atoms with van der Waals surface area (Å²) in [6.07, 6.45) is 3.88. The van der Waals surface area contributed by atoms with Gasteiger partial charge >= 0.3 is 0 Å². The minimum Gasteiger partial charge on any atom is -0.367 e. The second-order valence-electron chi connectivity index (χ2n) is 10.1. The van der Waals surface area contributed by atoms with Crippen molar-refractivity contribution in [2.75, 3.05) is 36.0 Å². The molecule has 4 heteroatoms. The first-order valence-electron chi connectivity index (χ1n) is 13.2. The third kappa shape index (κ3) is 3.81. The summed E-state index contributed by atoms with van der Waals surface area (Å²) >= 11 is 0. The van der Waals surface area contributed by atoms with E-state index in [0.29, 0.717) is 0 Å². The highest BCUT2D eigenvalue weighted by molar-refractivity contribution is 6.04. The molecule has 4 nitrogen and oxygen atoms in total. The van der Waals surface area contributed by atoms with E-state index < -0.39 is 0 Å². The fraction of sp³-hybridized carbons (Fsp3) is 0.281. The van der Waals surface area contributed by atoms with Gasteiger partial charge in [0, 0.05) is 43.7 Å². The molecule has 36 heavy (non-hydrogen) atoms. The molecule has 2 N–H and O–H groups in total. The lowest BCUT2D eigenvalue weighted by molar-refractivity contribution is 0.0999. The maximum atomic E-state index is 12.9. The second-order valence-corrected chi connectivity index (χ2v) is 10.1. The molecule has 1 saturated heterocycles. The van der Waals surface area contributed by atoms with Gasteiger partial charge in [-0.2, -0.15) is 0 Å². The van der Waals surface area contributed by atoms with Gasteiger partial charge in [-0.05, 0) is 58.2 Å². The zero-order chi connectivity index (χ0) is 24.6. The van der Waals surface area contributed by atoms with Gasteiger partial charge in [-0.15, -0.1) is 0 Å². The summed E-state index contributed by atoms with van der Waals surface area (Å²) in [5.41, 5.74) is 15.5. The SMILES string of the molecule is CCCCc1cc2c(c(N3CCN(c4cccc5ccccc45)CC3)c1C(N)=O)Cc1ccccc1-2. The number of benzene rings is 4. The summed E-state index contributed by atoms with van der Waals surface area (Å²) in [5, 5.41) is 2.57. The molecular formula is C32H33N3O. The minimum absolute atomic E-state index is 0.300. The van der Waals surface area contributed by atoms with Crippen LogP contribution in [0.1, 0.15) is 46.8 Å². The van der Waals surface area contributed by atoms with Crippen LogP contribution in [0, 0.1) is 0 Å². The van der Waals surface area contributed by atoms with E-state index in [9.17, 15) is 4.79 Å². The number of amides is 1. The first-order chi connectivity index (χ1) is 17.7. The molecule has 0 radical (unpaired) electrons. The van der Waals surface area contributed by atoms with Crippen LogP contribution in [0.2, 0.25) is 0 Å². The van der Waals surface area contributed by atoms with Crippen molar-refractivity contribution >= 4 is 28.1 Å². The van der Waals surface area contributed by atoms with E-state index in [2.05, 4.69) is 89.5 Å². The Morgan fingerprint density at radius 1 is 0.861 bits per heavy atom. The fourth-order valence-electron chi connectivity index (χ4n) is 6.15. The van der Waals surface area contributed by atoms with E-state index in [4.69, 9.17) is 5.73 Å². The molecule has 1 aliphatic carbocycles. The van der Waals surface area contributed by atoms with E-state index in [0.717, 1.165) is 68.7 Å². The number of hydrogen-bond acceptors (Lipinski definition) is 3. The van der Waals surface area contributed by atoms with Crippen molar-refractivity contribution in [3.05, 3.63) is 95.1 Å². The maximum absolute atomic E-state index is 12.9. The predicted molar refractivity (Wildman–Crippen MR) is 150 cm³/mol. The molecule has 1 amide bonds. The number of carbonyl (C=O) groups excluding carboxylic acids is 1. The van der Waals surface area contributed by atoms with Crippen LogP contribution in [0.5, 0.6) is 0 Å². The molecule has 1 heterocycles. The molecule has 0 unspecified atom stereocenters. The van der Waals surface area contributed by atoms with E-state index >= 15 is 0 Å². The van der Waals surface area contributed by atoms with Gasteiger partial charge in [-0.1, -0.05) is 74.0 Å². The Kier molecular flexibility index (Phi) is 5.88. The van der Waals surface area contributed by atoms with Crippen LogP contribution in [0.3, 0.4) is 0 Å². The molecule has 0 spiro atoms. The molecule has 0 atom stereocenters. The number of primary amides is 1. The largest absolute Gasteiger partial charge is 0.367 e. The summed E-state index contributed by atoms with van der Waals surface area (Å²) in [6, 6.07) is 26.1. The van der Waals surface area contributed by atoms with Crippen molar-refractivity contribution in [3.63, 3.8) is 0 Å². The second kappa shape index (κ2) is 9.34. The highest BCUT2D eigenvalue weighted by Crippen LogP contribution is 2.45. The number of nitrogens with zero attached hydrogens (tertiary/aromatic N) is 2. The molecular weight excluding hydrogens is 442 g/mol. The number of unbranched alkanes of at least 4 members (excludes halogenated alkanes) is 1. The number of carbonyl (C=O) groups is 1. The van der Waals surface area contributed by atoms with Crippen LogP contribution >= 0.6 is 0 Å². The molecule has 182 valence electrons. The summed E-state index contributed by atoms with van der Waals surface area (Å²) in [6.45, 7) is 5.74. The van der Waals surface area contributed by atoms with Crippen molar-refractivity contribution in [3.8, 4) is 11.1 Å². The van der Waals surface area contributed by atoms with E-state index in [-0.39, 0.29) is 5.91 Å².